The molecule has 0 spiro atoms. The number of hydrogen-bond donors (Lipinski definition) is 1. The minimum absolute atomic E-state index is 0.137. The number of nitrogens with one attached hydrogen (secondary N) is 1. The largest absolute Gasteiger partial charge is 0.467 e. The molecular formula is C12H11BrFNO. The Morgan fingerprint density at radius 3 is 2.75 bits per heavy atom. The van der Waals surface area contributed by atoms with Crippen LogP contribution in [0.2, 0.25) is 0 Å². The maximum Gasteiger partial charge on any atom is 0.125 e. The molecule has 0 aliphatic carbocycles. The lowest BCUT2D eigenvalue weighted by molar-refractivity contribution is 0.462. The second-order valence-electron chi connectivity index (χ2n) is 3.44. The maximum atomic E-state index is 13.3. The van der Waals surface area contributed by atoms with Crippen LogP contribution < -0.4 is 5.32 Å². The Labute approximate surface area is 102 Å². The van der Waals surface area contributed by atoms with Crippen LogP contribution in [-0.2, 0) is 0 Å². The van der Waals surface area contributed by atoms with Crippen LogP contribution in [-0.4, -0.2) is 7.05 Å². The van der Waals surface area contributed by atoms with Crippen molar-refractivity contribution in [2.24, 2.45) is 0 Å². The van der Waals surface area contributed by atoms with E-state index < -0.39 is 0 Å². The molecule has 0 aliphatic rings. The summed E-state index contributed by atoms with van der Waals surface area (Å²) in [6.45, 7) is 0. The van der Waals surface area contributed by atoms with Gasteiger partial charge in [0.2, 0.25) is 0 Å². The lowest BCUT2D eigenvalue weighted by Gasteiger charge is -2.14. The monoisotopic (exact) mass is 283 g/mol. The van der Waals surface area contributed by atoms with Gasteiger partial charge in [0.1, 0.15) is 11.6 Å². The van der Waals surface area contributed by atoms with Gasteiger partial charge in [-0.1, -0.05) is 15.9 Å². The summed E-state index contributed by atoms with van der Waals surface area (Å²) in [5.74, 6) is 0.496. The van der Waals surface area contributed by atoms with E-state index in [1.165, 1.54) is 12.1 Å². The second-order valence-corrected chi connectivity index (χ2v) is 4.36. The van der Waals surface area contributed by atoms with Crippen molar-refractivity contribution in [3.63, 3.8) is 0 Å². The van der Waals surface area contributed by atoms with Crippen LogP contribution in [0.15, 0.2) is 45.5 Å². The van der Waals surface area contributed by atoms with Crippen molar-refractivity contribution in [3.8, 4) is 0 Å². The normalized spacial score (nSPS) is 12.7. The highest BCUT2D eigenvalue weighted by molar-refractivity contribution is 9.10. The number of hydrogen-bond acceptors (Lipinski definition) is 2. The van der Waals surface area contributed by atoms with Crippen LogP contribution in [0.25, 0.3) is 0 Å². The Hall–Kier alpha value is -1.13. The zero-order valence-corrected chi connectivity index (χ0v) is 10.3. The van der Waals surface area contributed by atoms with Gasteiger partial charge in [-0.3, -0.25) is 0 Å². The first-order valence-corrected chi connectivity index (χ1v) is 5.66. The van der Waals surface area contributed by atoms with Gasteiger partial charge >= 0.3 is 0 Å². The minimum Gasteiger partial charge on any atom is -0.467 e. The van der Waals surface area contributed by atoms with Crippen molar-refractivity contribution >= 4 is 15.9 Å². The molecule has 2 aromatic rings. The van der Waals surface area contributed by atoms with Crippen LogP contribution in [0.3, 0.4) is 0 Å². The second kappa shape index (κ2) is 4.80. The van der Waals surface area contributed by atoms with Crippen molar-refractivity contribution < 1.29 is 8.81 Å². The van der Waals surface area contributed by atoms with Crippen molar-refractivity contribution in [2.45, 2.75) is 6.04 Å². The zero-order valence-electron chi connectivity index (χ0n) is 8.71. The zero-order chi connectivity index (χ0) is 11.5. The van der Waals surface area contributed by atoms with Gasteiger partial charge in [0, 0.05) is 4.47 Å². The van der Waals surface area contributed by atoms with E-state index >= 15 is 0 Å². The van der Waals surface area contributed by atoms with Crippen LogP contribution >= 0.6 is 15.9 Å². The first-order chi connectivity index (χ1) is 7.70. The Morgan fingerprint density at radius 1 is 1.38 bits per heavy atom. The van der Waals surface area contributed by atoms with E-state index in [2.05, 4.69) is 21.2 Å². The topological polar surface area (TPSA) is 25.2 Å². The van der Waals surface area contributed by atoms with Gasteiger partial charge in [0.25, 0.3) is 0 Å². The molecule has 1 heterocycles. The molecule has 1 aromatic heterocycles. The van der Waals surface area contributed by atoms with Gasteiger partial charge in [-0.2, -0.15) is 0 Å². The SMILES string of the molecule is CNC(c1cc(F)cc(Br)c1)c1ccco1. The Bertz CT molecular complexity index is 450. The van der Waals surface area contributed by atoms with Crippen LogP contribution in [0, 0.1) is 5.82 Å². The molecule has 0 aliphatic heterocycles. The lowest BCUT2D eigenvalue weighted by Crippen LogP contribution is -2.17. The van der Waals surface area contributed by atoms with E-state index in [4.69, 9.17) is 4.42 Å². The number of furan rings is 1. The summed E-state index contributed by atoms with van der Waals surface area (Å²) in [6, 6.07) is 8.33. The molecule has 2 rings (SSSR count). The van der Waals surface area contributed by atoms with Gasteiger partial charge in [-0.05, 0) is 42.9 Å². The van der Waals surface area contributed by atoms with Crippen molar-refractivity contribution in [1.29, 1.82) is 0 Å². The van der Waals surface area contributed by atoms with Crippen LogP contribution in [0.1, 0.15) is 17.4 Å². The molecule has 1 atom stereocenters. The predicted octanol–water partition coefficient (Wildman–Crippen LogP) is 3.49. The van der Waals surface area contributed by atoms with Gasteiger partial charge < -0.3 is 9.73 Å². The summed E-state index contributed by atoms with van der Waals surface area (Å²) in [4.78, 5) is 0. The predicted molar refractivity (Wildman–Crippen MR) is 63.7 cm³/mol. The number of rotatable bonds is 3. The molecular weight excluding hydrogens is 273 g/mol. The fourth-order valence-corrected chi connectivity index (χ4v) is 2.15. The third kappa shape index (κ3) is 2.33. The summed E-state index contributed by atoms with van der Waals surface area (Å²) in [5, 5.41) is 3.09. The Kier molecular flexibility index (Phi) is 3.41. The maximum absolute atomic E-state index is 13.3. The lowest BCUT2D eigenvalue weighted by atomic mass is 10.0. The smallest absolute Gasteiger partial charge is 0.125 e. The van der Waals surface area contributed by atoms with Gasteiger partial charge in [0.15, 0.2) is 0 Å². The Balaban J connectivity index is 2.41. The molecule has 0 amide bonds. The summed E-state index contributed by atoms with van der Waals surface area (Å²) in [7, 11) is 1.81. The molecule has 0 bridgehead atoms. The third-order valence-electron chi connectivity index (χ3n) is 2.33. The molecule has 16 heavy (non-hydrogen) atoms. The number of benzene rings is 1. The van der Waals surface area contributed by atoms with Crippen molar-refractivity contribution in [3.05, 3.63) is 58.2 Å². The average molecular weight is 284 g/mol. The highest BCUT2D eigenvalue weighted by Crippen LogP contribution is 2.25. The average Bonchev–Trinajstić information content (AvgIpc) is 2.70. The minimum atomic E-state index is -0.267. The quantitative estimate of drug-likeness (QED) is 0.933. The summed E-state index contributed by atoms with van der Waals surface area (Å²) < 4.78 is 19.3. The molecule has 1 unspecified atom stereocenters. The molecule has 1 N–H and O–H groups in total. The fraction of sp³-hybridized carbons (Fsp3) is 0.167. The molecule has 0 saturated heterocycles. The molecule has 2 nitrogen and oxygen atoms in total. The highest BCUT2D eigenvalue weighted by Gasteiger charge is 2.15. The number of halogens is 2. The van der Waals surface area contributed by atoms with E-state index in [9.17, 15) is 4.39 Å². The van der Waals surface area contributed by atoms with E-state index in [1.807, 2.05) is 25.2 Å². The standard InChI is InChI=1S/C12H11BrFNO/c1-15-12(11-3-2-4-16-11)8-5-9(13)7-10(14)6-8/h2-7,12,15H,1H3. The summed E-state index contributed by atoms with van der Waals surface area (Å²) >= 11 is 3.28. The van der Waals surface area contributed by atoms with E-state index in [0.29, 0.717) is 4.47 Å². The highest BCUT2D eigenvalue weighted by atomic mass is 79.9. The third-order valence-corrected chi connectivity index (χ3v) is 2.79. The molecule has 0 radical (unpaired) electrons. The van der Waals surface area contributed by atoms with Gasteiger partial charge in [-0.25, -0.2) is 4.39 Å². The summed E-state index contributed by atoms with van der Waals surface area (Å²) in [6.07, 6.45) is 1.61. The fourth-order valence-electron chi connectivity index (χ4n) is 1.67. The molecule has 1 aromatic carbocycles. The van der Waals surface area contributed by atoms with Crippen molar-refractivity contribution in [1.82, 2.24) is 5.32 Å². The van der Waals surface area contributed by atoms with Crippen LogP contribution in [0.4, 0.5) is 4.39 Å². The van der Waals surface area contributed by atoms with Crippen LogP contribution in [0.5, 0.6) is 0 Å². The molecule has 0 fully saturated rings. The van der Waals surface area contributed by atoms with E-state index in [0.717, 1.165) is 11.3 Å². The summed E-state index contributed by atoms with van der Waals surface area (Å²) in [5.41, 5.74) is 0.823. The molecule has 84 valence electrons. The van der Waals surface area contributed by atoms with E-state index in [-0.39, 0.29) is 11.9 Å². The van der Waals surface area contributed by atoms with Crippen molar-refractivity contribution in [2.75, 3.05) is 7.05 Å². The molecule has 0 saturated carbocycles. The first kappa shape index (κ1) is 11.4. The molecule has 4 heteroatoms. The van der Waals surface area contributed by atoms with Gasteiger partial charge in [-0.15, -0.1) is 0 Å². The first-order valence-electron chi connectivity index (χ1n) is 4.87. The van der Waals surface area contributed by atoms with Gasteiger partial charge in [0.05, 0.1) is 12.3 Å². The van der Waals surface area contributed by atoms with E-state index in [1.54, 1.807) is 6.26 Å². The Morgan fingerprint density at radius 2 is 2.19 bits per heavy atom.